The van der Waals surface area contributed by atoms with E-state index in [1.54, 1.807) is 0 Å². The van der Waals surface area contributed by atoms with E-state index < -0.39 is 17.7 Å². The van der Waals surface area contributed by atoms with Gasteiger partial charge in [-0.05, 0) is 19.3 Å². The summed E-state index contributed by atoms with van der Waals surface area (Å²) in [4.78, 5) is 11.3. The van der Waals surface area contributed by atoms with Gasteiger partial charge in [0.25, 0.3) is 5.91 Å². The minimum Gasteiger partial charge on any atom is -0.379 e. The molecule has 0 bridgehead atoms. The summed E-state index contributed by atoms with van der Waals surface area (Å²) in [5, 5.41) is 21.6. The van der Waals surface area contributed by atoms with Gasteiger partial charge in [0, 0.05) is 6.04 Å². The number of amides is 1. The molecule has 2 atom stereocenters. The number of nitrogens with two attached hydrogens (primary N) is 1. The van der Waals surface area contributed by atoms with Crippen LogP contribution in [-0.4, -0.2) is 34.0 Å². The lowest BCUT2D eigenvalue weighted by atomic mass is 10.0. The van der Waals surface area contributed by atoms with Crippen molar-refractivity contribution in [2.24, 2.45) is 5.73 Å². The van der Waals surface area contributed by atoms with Crippen molar-refractivity contribution in [1.82, 2.24) is 5.32 Å². The van der Waals surface area contributed by atoms with Crippen LogP contribution in [0.5, 0.6) is 0 Å². The van der Waals surface area contributed by atoms with Crippen LogP contribution in [0.1, 0.15) is 32.6 Å². The highest BCUT2D eigenvalue weighted by Gasteiger charge is 2.37. The van der Waals surface area contributed by atoms with Crippen molar-refractivity contribution in [2.75, 3.05) is 0 Å². The summed E-state index contributed by atoms with van der Waals surface area (Å²) in [6.45, 7) is 1.82. The van der Waals surface area contributed by atoms with E-state index in [9.17, 15) is 15.0 Å². The summed E-state index contributed by atoms with van der Waals surface area (Å²) in [6.07, 6.45) is 1.15. The fourth-order valence-electron chi connectivity index (χ4n) is 1.27. The van der Waals surface area contributed by atoms with Gasteiger partial charge in [-0.3, -0.25) is 4.79 Å². The SMILES string of the molecule is CCCC(N)(O)C(O)C(=O)NC1CC1. The number of rotatable bonds is 5. The molecule has 1 fully saturated rings. The maximum absolute atomic E-state index is 11.3. The van der Waals surface area contributed by atoms with Crippen LogP contribution in [-0.2, 0) is 4.79 Å². The normalized spacial score (nSPS) is 22.6. The molecule has 0 radical (unpaired) electrons. The van der Waals surface area contributed by atoms with E-state index in [1.807, 2.05) is 6.92 Å². The highest BCUT2D eigenvalue weighted by atomic mass is 16.4. The van der Waals surface area contributed by atoms with Crippen molar-refractivity contribution < 1.29 is 15.0 Å². The van der Waals surface area contributed by atoms with Gasteiger partial charge in [0.1, 0.15) is 5.72 Å². The summed E-state index contributed by atoms with van der Waals surface area (Å²) < 4.78 is 0. The second-order valence-corrected chi connectivity index (χ2v) is 3.93. The van der Waals surface area contributed by atoms with Gasteiger partial charge in [-0.1, -0.05) is 13.3 Å². The lowest BCUT2D eigenvalue weighted by Gasteiger charge is -2.27. The second-order valence-electron chi connectivity index (χ2n) is 3.93. The lowest BCUT2D eigenvalue weighted by Crippen LogP contribution is -2.57. The molecule has 5 heteroatoms. The third-order valence-corrected chi connectivity index (χ3v) is 2.30. The average Bonchev–Trinajstić information content (AvgIpc) is 2.86. The maximum atomic E-state index is 11.3. The third-order valence-electron chi connectivity index (χ3n) is 2.30. The Morgan fingerprint density at radius 2 is 2.29 bits per heavy atom. The molecule has 14 heavy (non-hydrogen) atoms. The van der Waals surface area contributed by atoms with Crippen LogP contribution in [0.25, 0.3) is 0 Å². The molecule has 0 heterocycles. The summed E-state index contributed by atoms with van der Waals surface area (Å²) in [5.74, 6) is -0.578. The van der Waals surface area contributed by atoms with Crippen LogP contribution < -0.4 is 11.1 Å². The summed E-state index contributed by atoms with van der Waals surface area (Å²) in [5.41, 5.74) is 3.60. The van der Waals surface area contributed by atoms with Crippen LogP contribution in [0.3, 0.4) is 0 Å². The Morgan fingerprint density at radius 3 is 2.71 bits per heavy atom. The van der Waals surface area contributed by atoms with Gasteiger partial charge in [0.15, 0.2) is 6.10 Å². The van der Waals surface area contributed by atoms with Crippen molar-refractivity contribution in [1.29, 1.82) is 0 Å². The minimum absolute atomic E-state index is 0.162. The van der Waals surface area contributed by atoms with Crippen LogP contribution in [0.15, 0.2) is 0 Å². The predicted octanol–water partition coefficient (Wildman–Crippen LogP) is -0.927. The number of hydrogen-bond donors (Lipinski definition) is 4. The highest BCUT2D eigenvalue weighted by Crippen LogP contribution is 2.20. The Hall–Kier alpha value is -0.650. The smallest absolute Gasteiger partial charge is 0.253 e. The van der Waals surface area contributed by atoms with Crippen molar-refractivity contribution in [3.05, 3.63) is 0 Å². The van der Waals surface area contributed by atoms with Crippen LogP contribution in [0, 0.1) is 0 Å². The standard InChI is InChI=1S/C9H18N2O3/c1-2-5-9(10,14)7(12)8(13)11-6-3-4-6/h6-7,12,14H,2-5,10H2,1H3,(H,11,13). The molecule has 0 aliphatic heterocycles. The van der Waals surface area contributed by atoms with E-state index in [1.165, 1.54) is 0 Å². The summed E-state index contributed by atoms with van der Waals surface area (Å²) in [7, 11) is 0. The lowest BCUT2D eigenvalue weighted by molar-refractivity contribution is -0.146. The quantitative estimate of drug-likeness (QED) is 0.433. The summed E-state index contributed by atoms with van der Waals surface area (Å²) in [6, 6.07) is 0.162. The van der Waals surface area contributed by atoms with Gasteiger partial charge in [-0.15, -0.1) is 0 Å². The number of aliphatic hydroxyl groups excluding tert-OH is 1. The molecule has 1 saturated carbocycles. The molecule has 0 spiro atoms. The zero-order chi connectivity index (χ0) is 10.8. The first-order valence-corrected chi connectivity index (χ1v) is 4.97. The zero-order valence-corrected chi connectivity index (χ0v) is 8.36. The first-order valence-electron chi connectivity index (χ1n) is 4.97. The number of nitrogens with one attached hydrogen (secondary N) is 1. The molecule has 1 aliphatic rings. The Morgan fingerprint density at radius 1 is 1.71 bits per heavy atom. The molecular weight excluding hydrogens is 184 g/mol. The van der Waals surface area contributed by atoms with E-state index in [-0.39, 0.29) is 12.5 Å². The van der Waals surface area contributed by atoms with E-state index >= 15 is 0 Å². The van der Waals surface area contributed by atoms with Crippen molar-refractivity contribution in [3.63, 3.8) is 0 Å². The molecule has 1 rings (SSSR count). The number of aliphatic hydroxyl groups is 2. The molecule has 0 aromatic heterocycles. The van der Waals surface area contributed by atoms with E-state index in [0.717, 1.165) is 12.8 Å². The molecular formula is C9H18N2O3. The Bertz CT molecular complexity index is 214. The Labute approximate surface area is 83.3 Å². The highest BCUT2D eigenvalue weighted by molar-refractivity contribution is 5.82. The van der Waals surface area contributed by atoms with Crippen molar-refractivity contribution in [3.8, 4) is 0 Å². The molecule has 5 N–H and O–H groups in total. The predicted molar refractivity (Wildman–Crippen MR) is 51.2 cm³/mol. The van der Waals surface area contributed by atoms with Crippen molar-refractivity contribution in [2.45, 2.75) is 50.5 Å². The fraction of sp³-hybridized carbons (Fsp3) is 0.889. The number of carbonyl (C=O) groups is 1. The van der Waals surface area contributed by atoms with Gasteiger partial charge in [-0.2, -0.15) is 0 Å². The molecule has 1 amide bonds. The first kappa shape index (κ1) is 11.4. The van der Waals surface area contributed by atoms with Gasteiger partial charge < -0.3 is 21.3 Å². The zero-order valence-electron chi connectivity index (χ0n) is 8.36. The van der Waals surface area contributed by atoms with Crippen LogP contribution in [0.4, 0.5) is 0 Å². The van der Waals surface area contributed by atoms with Gasteiger partial charge in [0.05, 0.1) is 0 Å². The Balaban J connectivity index is 2.43. The van der Waals surface area contributed by atoms with E-state index in [2.05, 4.69) is 5.32 Å². The van der Waals surface area contributed by atoms with Gasteiger partial charge in [0.2, 0.25) is 0 Å². The number of hydrogen-bond acceptors (Lipinski definition) is 4. The van der Waals surface area contributed by atoms with E-state index in [0.29, 0.717) is 6.42 Å². The van der Waals surface area contributed by atoms with Gasteiger partial charge in [-0.25, -0.2) is 0 Å². The monoisotopic (exact) mass is 202 g/mol. The van der Waals surface area contributed by atoms with Crippen LogP contribution >= 0.6 is 0 Å². The average molecular weight is 202 g/mol. The first-order chi connectivity index (χ1) is 6.47. The molecule has 0 aromatic carbocycles. The van der Waals surface area contributed by atoms with Crippen LogP contribution in [0.2, 0.25) is 0 Å². The Kier molecular flexibility index (Phi) is 3.47. The minimum atomic E-state index is -1.81. The molecule has 2 unspecified atom stereocenters. The number of carbonyl (C=O) groups excluding carboxylic acids is 1. The topological polar surface area (TPSA) is 95.6 Å². The van der Waals surface area contributed by atoms with Gasteiger partial charge >= 0.3 is 0 Å². The molecule has 82 valence electrons. The fourth-order valence-corrected chi connectivity index (χ4v) is 1.27. The van der Waals surface area contributed by atoms with E-state index in [4.69, 9.17) is 5.73 Å². The molecule has 1 aliphatic carbocycles. The second kappa shape index (κ2) is 4.25. The maximum Gasteiger partial charge on any atom is 0.253 e. The van der Waals surface area contributed by atoms with Crippen molar-refractivity contribution >= 4 is 5.91 Å². The largest absolute Gasteiger partial charge is 0.379 e. The molecule has 0 aromatic rings. The summed E-state index contributed by atoms with van der Waals surface area (Å²) >= 11 is 0. The molecule has 0 saturated heterocycles. The molecule has 5 nitrogen and oxygen atoms in total. The third kappa shape index (κ3) is 2.94.